The first-order valence-electron chi connectivity index (χ1n) is 7.35. The van der Waals surface area contributed by atoms with Crippen molar-refractivity contribution in [3.05, 3.63) is 60.9 Å². The number of pyridine rings is 1. The summed E-state index contributed by atoms with van der Waals surface area (Å²) in [5.41, 5.74) is 4.45. The zero-order chi connectivity index (χ0) is 15.5. The standard InChI is InChI=1S/C18H19N3S/c1-13(2)22-16-6-7-18(21-9-8-19-12-21)17(10-16)15-5-4-14(3)20-11-15/h4-13H,1-3H3. The highest BCUT2D eigenvalue weighted by Crippen LogP contribution is 2.32. The molecular weight excluding hydrogens is 290 g/mol. The molecule has 0 atom stereocenters. The molecule has 0 radical (unpaired) electrons. The van der Waals surface area contributed by atoms with Crippen LogP contribution in [0.1, 0.15) is 19.5 Å². The molecule has 2 aromatic heterocycles. The van der Waals surface area contributed by atoms with Crippen LogP contribution >= 0.6 is 11.8 Å². The van der Waals surface area contributed by atoms with Crippen molar-refractivity contribution in [3.8, 4) is 16.8 Å². The van der Waals surface area contributed by atoms with Crippen LogP contribution in [0.15, 0.2) is 60.1 Å². The molecule has 0 aliphatic heterocycles. The third-order valence-electron chi connectivity index (χ3n) is 3.34. The zero-order valence-corrected chi connectivity index (χ0v) is 13.8. The largest absolute Gasteiger partial charge is 0.306 e. The van der Waals surface area contributed by atoms with Crippen molar-refractivity contribution in [2.75, 3.05) is 0 Å². The van der Waals surface area contributed by atoms with Gasteiger partial charge in [-0.3, -0.25) is 4.98 Å². The van der Waals surface area contributed by atoms with Crippen LogP contribution in [-0.4, -0.2) is 19.8 Å². The van der Waals surface area contributed by atoms with Gasteiger partial charge < -0.3 is 4.57 Å². The van der Waals surface area contributed by atoms with Crippen molar-refractivity contribution >= 4 is 11.8 Å². The molecule has 0 saturated carbocycles. The van der Waals surface area contributed by atoms with Gasteiger partial charge in [0.15, 0.2) is 0 Å². The fourth-order valence-electron chi connectivity index (χ4n) is 2.35. The van der Waals surface area contributed by atoms with Gasteiger partial charge >= 0.3 is 0 Å². The van der Waals surface area contributed by atoms with Gasteiger partial charge in [-0.05, 0) is 31.2 Å². The SMILES string of the molecule is Cc1ccc(-c2cc(SC(C)C)ccc2-n2ccnc2)cn1. The Bertz CT molecular complexity index is 747. The number of hydrogen-bond donors (Lipinski definition) is 0. The minimum Gasteiger partial charge on any atom is -0.306 e. The van der Waals surface area contributed by atoms with E-state index in [1.807, 2.05) is 42.0 Å². The molecule has 0 saturated heterocycles. The summed E-state index contributed by atoms with van der Waals surface area (Å²) in [6.07, 6.45) is 7.54. The van der Waals surface area contributed by atoms with Crippen LogP contribution in [-0.2, 0) is 0 Å². The Labute approximate surface area is 135 Å². The summed E-state index contributed by atoms with van der Waals surface area (Å²) in [5.74, 6) is 0. The molecule has 0 fully saturated rings. The topological polar surface area (TPSA) is 30.7 Å². The summed E-state index contributed by atoms with van der Waals surface area (Å²) in [6.45, 7) is 6.43. The molecule has 0 amide bonds. The first kappa shape index (κ1) is 14.9. The smallest absolute Gasteiger partial charge is 0.0991 e. The molecule has 3 nitrogen and oxygen atoms in total. The second kappa shape index (κ2) is 6.36. The van der Waals surface area contributed by atoms with Crippen molar-refractivity contribution < 1.29 is 0 Å². The first-order valence-corrected chi connectivity index (χ1v) is 8.23. The molecule has 3 rings (SSSR count). The van der Waals surface area contributed by atoms with Crippen molar-refractivity contribution in [3.63, 3.8) is 0 Å². The monoisotopic (exact) mass is 309 g/mol. The van der Waals surface area contributed by atoms with Gasteiger partial charge in [-0.15, -0.1) is 11.8 Å². The van der Waals surface area contributed by atoms with Crippen LogP contribution in [0.2, 0.25) is 0 Å². The predicted molar refractivity (Wildman–Crippen MR) is 92.5 cm³/mol. The van der Waals surface area contributed by atoms with Crippen molar-refractivity contribution in [1.82, 2.24) is 14.5 Å². The number of aromatic nitrogens is 3. The number of thioether (sulfide) groups is 1. The van der Waals surface area contributed by atoms with Crippen molar-refractivity contribution in [2.24, 2.45) is 0 Å². The molecule has 0 unspecified atom stereocenters. The van der Waals surface area contributed by atoms with Crippen LogP contribution in [0.5, 0.6) is 0 Å². The molecule has 0 N–H and O–H groups in total. The van der Waals surface area contributed by atoms with Gasteiger partial charge in [-0.1, -0.05) is 19.9 Å². The summed E-state index contributed by atoms with van der Waals surface area (Å²) < 4.78 is 2.04. The van der Waals surface area contributed by atoms with Crippen LogP contribution in [0.3, 0.4) is 0 Å². The summed E-state index contributed by atoms with van der Waals surface area (Å²) in [7, 11) is 0. The van der Waals surface area contributed by atoms with E-state index in [-0.39, 0.29) is 0 Å². The van der Waals surface area contributed by atoms with E-state index in [2.05, 4.69) is 54.1 Å². The molecule has 0 spiro atoms. The van der Waals surface area contributed by atoms with Crippen LogP contribution in [0, 0.1) is 6.92 Å². The summed E-state index contributed by atoms with van der Waals surface area (Å²) in [5, 5.41) is 0.558. The number of benzene rings is 1. The Kier molecular flexibility index (Phi) is 4.29. The Morgan fingerprint density at radius 1 is 1.14 bits per heavy atom. The predicted octanol–water partition coefficient (Wildman–Crippen LogP) is 4.74. The lowest BCUT2D eigenvalue weighted by atomic mass is 10.1. The lowest BCUT2D eigenvalue weighted by Crippen LogP contribution is -1.96. The molecule has 0 aliphatic carbocycles. The average Bonchev–Trinajstić information content (AvgIpc) is 3.01. The van der Waals surface area contributed by atoms with Gasteiger partial charge in [-0.2, -0.15) is 0 Å². The molecular formula is C18H19N3S. The van der Waals surface area contributed by atoms with E-state index < -0.39 is 0 Å². The highest BCUT2D eigenvalue weighted by molar-refractivity contribution is 7.99. The van der Waals surface area contributed by atoms with E-state index in [1.54, 1.807) is 6.20 Å². The summed E-state index contributed by atoms with van der Waals surface area (Å²) in [6, 6.07) is 10.7. The number of imidazole rings is 1. The average molecular weight is 309 g/mol. The van der Waals surface area contributed by atoms with Gasteiger partial charge in [0, 0.05) is 45.6 Å². The molecule has 1 aromatic carbocycles. The van der Waals surface area contributed by atoms with Crippen LogP contribution in [0.25, 0.3) is 16.8 Å². The Balaban J connectivity index is 2.12. The van der Waals surface area contributed by atoms with Gasteiger partial charge in [0.1, 0.15) is 0 Å². The number of nitrogens with zero attached hydrogens (tertiary/aromatic N) is 3. The van der Waals surface area contributed by atoms with E-state index >= 15 is 0 Å². The van der Waals surface area contributed by atoms with E-state index in [0.29, 0.717) is 5.25 Å². The fourth-order valence-corrected chi connectivity index (χ4v) is 3.22. The highest BCUT2D eigenvalue weighted by atomic mass is 32.2. The minimum atomic E-state index is 0.558. The van der Waals surface area contributed by atoms with Gasteiger partial charge in [0.2, 0.25) is 0 Å². The molecule has 112 valence electrons. The normalized spacial score (nSPS) is 11.1. The molecule has 4 heteroatoms. The maximum Gasteiger partial charge on any atom is 0.0991 e. The van der Waals surface area contributed by atoms with Gasteiger partial charge in [-0.25, -0.2) is 4.98 Å². The molecule has 0 bridgehead atoms. The Hall–Kier alpha value is -2.07. The van der Waals surface area contributed by atoms with Crippen LogP contribution in [0.4, 0.5) is 0 Å². The van der Waals surface area contributed by atoms with Gasteiger partial charge in [0.05, 0.1) is 12.0 Å². The number of hydrogen-bond acceptors (Lipinski definition) is 3. The highest BCUT2D eigenvalue weighted by Gasteiger charge is 2.10. The Morgan fingerprint density at radius 3 is 2.64 bits per heavy atom. The maximum atomic E-state index is 4.44. The molecule has 22 heavy (non-hydrogen) atoms. The summed E-state index contributed by atoms with van der Waals surface area (Å²) in [4.78, 5) is 9.87. The fraction of sp³-hybridized carbons (Fsp3) is 0.222. The first-order chi connectivity index (χ1) is 10.6. The molecule has 2 heterocycles. The second-order valence-corrected chi connectivity index (χ2v) is 7.15. The number of rotatable bonds is 4. The third-order valence-corrected chi connectivity index (χ3v) is 4.34. The quantitative estimate of drug-likeness (QED) is 0.652. The van der Waals surface area contributed by atoms with E-state index in [1.165, 1.54) is 10.5 Å². The number of aryl methyl sites for hydroxylation is 1. The third kappa shape index (κ3) is 3.22. The Morgan fingerprint density at radius 2 is 2.00 bits per heavy atom. The molecule has 3 aromatic rings. The van der Waals surface area contributed by atoms with E-state index in [4.69, 9.17) is 0 Å². The van der Waals surface area contributed by atoms with E-state index in [9.17, 15) is 0 Å². The lowest BCUT2D eigenvalue weighted by molar-refractivity contribution is 1.05. The zero-order valence-electron chi connectivity index (χ0n) is 13.0. The minimum absolute atomic E-state index is 0.558. The second-order valence-electron chi connectivity index (χ2n) is 5.50. The maximum absolute atomic E-state index is 4.44. The molecule has 0 aliphatic rings. The van der Waals surface area contributed by atoms with Crippen molar-refractivity contribution in [2.45, 2.75) is 30.9 Å². The van der Waals surface area contributed by atoms with Crippen LogP contribution < -0.4 is 0 Å². The van der Waals surface area contributed by atoms with E-state index in [0.717, 1.165) is 16.9 Å². The lowest BCUT2D eigenvalue weighted by Gasteiger charge is -2.13. The summed E-state index contributed by atoms with van der Waals surface area (Å²) >= 11 is 1.87. The van der Waals surface area contributed by atoms with Crippen molar-refractivity contribution in [1.29, 1.82) is 0 Å². The van der Waals surface area contributed by atoms with Gasteiger partial charge in [0.25, 0.3) is 0 Å².